The first-order valence-corrected chi connectivity index (χ1v) is 5.91. The van der Waals surface area contributed by atoms with E-state index in [2.05, 4.69) is 12.1 Å². The minimum absolute atomic E-state index is 0.0247. The summed E-state index contributed by atoms with van der Waals surface area (Å²) >= 11 is 0. The Bertz CT molecular complexity index is 412. The molecule has 3 heteroatoms. The van der Waals surface area contributed by atoms with Gasteiger partial charge in [0.2, 0.25) is 0 Å². The first-order valence-electron chi connectivity index (χ1n) is 5.91. The summed E-state index contributed by atoms with van der Waals surface area (Å²) in [5.74, 6) is -0.241. The first-order chi connectivity index (χ1) is 8.15. The fourth-order valence-corrected chi connectivity index (χ4v) is 2.12. The predicted molar refractivity (Wildman–Crippen MR) is 63.6 cm³/mol. The van der Waals surface area contributed by atoms with Crippen LogP contribution >= 0.6 is 0 Å². The van der Waals surface area contributed by atoms with Crippen molar-refractivity contribution in [1.82, 2.24) is 0 Å². The summed E-state index contributed by atoms with van der Waals surface area (Å²) < 4.78 is 5.35. The van der Waals surface area contributed by atoms with Gasteiger partial charge in [-0.15, -0.1) is 0 Å². The average molecular weight is 232 g/mol. The van der Waals surface area contributed by atoms with Crippen LogP contribution in [0.25, 0.3) is 0 Å². The van der Waals surface area contributed by atoms with Gasteiger partial charge in [-0.1, -0.05) is 24.3 Å². The van der Waals surface area contributed by atoms with Gasteiger partial charge in [0.15, 0.2) is 0 Å². The highest BCUT2D eigenvalue weighted by atomic mass is 16.5. The molecule has 1 aliphatic rings. The molecular weight excluding hydrogens is 216 g/mol. The van der Waals surface area contributed by atoms with E-state index in [1.165, 1.54) is 18.1 Å². The van der Waals surface area contributed by atoms with Crippen LogP contribution in [0.15, 0.2) is 24.3 Å². The molecule has 0 spiro atoms. The number of fused-ring (bicyclic) bond motifs is 1. The van der Waals surface area contributed by atoms with E-state index in [1.807, 2.05) is 12.1 Å². The lowest BCUT2D eigenvalue weighted by Gasteiger charge is -2.10. The van der Waals surface area contributed by atoms with E-state index in [-0.39, 0.29) is 30.7 Å². The fourth-order valence-electron chi connectivity index (χ4n) is 2.12. The van der Waals surface area contributed by atoms with Crippen molar-refractivity contribution in [3.05, 3.63) is 35.4 Å². The molecule has 3 nitrogen and oxygen atoms in total. The molecular formula is C14H16O3. The lowest BCUT2D eigenvalue weighted by atomic mass is 10.1. The van der Waals surface area contributed by atoms with Gasteiger partial charge in [-0.3, -0.25) is 4.79 Å². The van der Waals surface area contributed by atoms with Crippen molar-refractivity contribution in [2.75, 3.05) is 0 Å². The molecule has 1 aliphatic carbocycles. The van der Waals surface area contributed by atoms with Crippen LogP contribution < -0.4 is 0 Å². The zero-order valence-corrected chi connectivity index (χ0v) is 9.94. The number of hydrogen-bond donors (Lipinski definition) is 0. The van der Waals surface area contributed by atoms with E-state index >= 15 is 0 Å². The molecule has 0 saturated heterocycles. The molecule has 0 heterocycles. The van der Waals surface area contributed by atoms with Gasteiger partial charge in [0.25, 0.3) is 0 Å². The molecule has 0 atom stereocenters. The number of carbonyl (C=O) groups is 2. The second-order valence-electron chi connectivity index (χ2n) is 4.49. The maximum absolute atomic E-state index is 11.5. The summed E-state index contributed by atoms with van der Waals surface area (Å²) in [6.07, 6.45) is 2.01. The second kappa shape index (κ2) is 5.13. The Labute approximate surface area is 101 Å². The number of hydrogen-bond acceptors (Lipinski definition) is 3. The summed E-state index contributed by atoms with van der Waals surface area (Å²) in [4.78, 5) is 22.2. The Balaban J connectivity index is 1.83. The van der Waals surface area contributed by atoms with Crippen molar-refractivity contribution in [3.63, 3.8) is 0 Å². The van der Waals surface area contributed by atoms with E-state index in [0.29, 0.717) is 0 Å². The number of rotatable bonds is 4. The molecule has 17 heavy (non-hydrogen) atoms. The highest BCUT2D eigenvalue weighted by molar-refractivity contribution is 5.81. The molecule has 1 aromatic carbocycles. The smallest absolute Gasteiger partial charge is 0.306 e. The Morgan fingerprint density at radius 1 is 1.18 bits per heavy atom. The van der Waals surface area contributed by atoms with Crippen molar-refractivity contribution < 1.29 is 14.3 Å². The topological polar surface area (TPSA) is 43.4 Å². The molecule has 0 amide bonds. The number of ether oxygens (including phenoxy) is 1. The average Bonchev–Trinajstić information content (AvgIpc) is 2.68. The number of benzene rings is 1. The van der Waals surface area contributed by atoms with Crippen LogP contribution in [0.2, 0.25) is 0 Å². The lowest BCUT2D eigenvalue weighted by Crippen LogP contribution is -2.18. The number of carbonyl (C=O) groups excluding carboxylic acids is 2. The van der Waals surface area contributed by atoms with Crippen LogP contribution in [0.5, 0.6) is 0 Å². The summed E-state index contributed by atoms with van der Waals surface area (Å²) in [5.41, 5.74) is 2.52. The zero-order valence-electron chi connectivity index (χ0n) is 9.94. The molecule has 0 saturated carbocycles. The van der Waals surface area contributed by atoms with Crippen LogP contribution in [-0.2, 0) is 27.2 Å². The third kappa shape index (κ3) is 3.16. The van der Waals surface area contributed by atoms with E-state index in [0.717, 1.165) is 12.8 Å². The van der Waals surface area contributed by atoms with Gasteiger partial charge in [-0.25, -0.2) is 0 Å². The maximum Gasteiger partial charge on any atom is 0.306 e. The minimum atomic E-state index is -0.266. The SMILES string of the molecule is CC(=O)CCC(=O)OC1Cc2ccccc2C1. The summed E-state index contributed by atoms with van der Waals surface area (Å²) in [6.45, 7) is 1.48. The molecule has 1 aromatic rings. The Hall–Kier alpha value is -1.64. The lowest BCUT2D eigenvalue weighted by molar-refractivity contribution is -0.149. The second-order valence-corrected chi connectivity index (χ2v) is 4.49. The van der Waals surface area contributed by atoms with Gasteiger partial charge in [0, 0.05) is 19.3 Å². The molecule has 0 aliphatic heterocycles. The highest BCUT2D eigenvalue weighted by Crippen LogP contribution is 2.24. The molecule has 0 N–H and O–H groups in total. The van der Waals surface area contributed by atoms with Gasteiger partial charge >= 0.3 is 5.97 Å². The van der Waals surface area contributed by atoms with Crippen LogP contribution in [0, 0.1) is 0 Å². The normalized spacial score (nSPS) is 14.4. The Kier molecular flexibility index (Phi) is 3.57. The van der Waals surface area contributed by atoms with Gasteiger partial charge in [-0.05, 0) is 18.1 Å². The number of Topliss-reactive ketones (excluding diaryl/α,β-unsaturated/α-hetero) is 1. The van der Waals surface area contributed by atoms with Crippen LogP contribution in [0.4, 0.5) is 0 Å². The first kappa shape index (κ1) is 11.8. The monoisotopic (exact) mass is 232 g/mol. The van der Waals surface area contributed by atoms with Gasteiger partial charge in [0.05, 0.1) is 6.42 Å². The van der Waals surface area contributed by atoms with Crippen LogP contribution in [0.1, 0.15) is 30.9 Å². The van der Waals surface area contributed by atoms with E-state index in [9.17, 15) is 9.59 Å². The largest absolute Gasteiger partial charge is 0.462 e. The molecule has 0 aromatic heterocycles. The van der Waals surface area contributed by atoms with E-state index in [4.69, 9.17) is 4.74 Å². The van der Waals surface area contributed by atoms with E-state index in [1.54, 1.807) is 0 Å². The van der Waals surface area contributed by atoms with Gasteiger partial charge in [-0.2, -0.15) is 0 Å². The third-order valence-electron chi connectivity index (χ3n) is 2.99. The van der Waals surface area contributed by atoms with Crippen molar-refractivity contribution in [1.29, 1.82) is 0 Å². The maximum atomic E-state index is 11.5. The summed E-state index contributed by atoms with van der Waals surface area (Å²) in [6, 6.07) is 8.13. The number of ketones is 1. The quantitative estimate of drug-likeness (QED) is 0.746. The number of esters is 1. The molecule has 0 bridgehead atoms. The Morgan fingerprint density at radius 3 is 2.29 bits per heavy atom. The zero-order chi connectivity index (χ0) is 12.3. The van der Waals surface area contributed by atoms with Crippen molar-refractivity contribution >= 4 is 11.8 Å². The van der Waals surface area contributed by atoms with Crippen LogP contribution in [0.3, 0.4) is 0 Å². The van der Waals surface area contributed by atoms with Gasteiger partial charge < -0.3 is 9.53 Å². The molecule has 90 valence electrons. The molecule has 0 radical (unpaired) electrons. The highest BCUT2D eigenvalue weighted by Gasteiger charge is 2.23. The predicted octanol–water partition coefficient (Wildman–Crippen LogP) is 2.07. The summed E-state index contributed by atoms with van der Waals surface area (Å²) in [7, 11) is 0. The molecule has 0 unspecified atom stereocenters. The Morgan fingerprint density at radius 2 is 1.76 bits per heavy atom. The van der Waals surface area contributed by atoms with Crippen molar-refractivity contribution in [2.24, 2.45) is 0 Å². The van der Waals surface area contributed by atoms with E-state index < -0.39 is 0 Å². The molecule has 0 fully saturated rings. The minimum Gasteiger partial charge on any atom is -0.462 e. The summed E-state index contributed by atoms with van der Waals surface area (Å²) in [5, 5.41) is 0. The van der Waals surface area contributed by atoms with Crippen molar-refractivity contribution in [3.8, 4) is 0 Å². The molecule has 2 rings (SSSR count). The fraction of sp³-hybridized carbons (Fsp3) is 0.429. The van der Waals surface area contributed by atoms with Crippen LogP contribution in [-0.4, -0.2) is 17.9 Å². The standard InChI is InChI=1S/C14H16O3/c1-10(15)6-7-14(16)17-13-8-11-4-2-3-5-12(11)9-13/h2-5,13H,6-9H2,1H3. The van der Waals surface area contributed by atoms with Gasteiger partial charge in [0.1, 0.15) is 11.9 Å². The van der Waals surface area contributed by atoms with Crippen molar-refractivity contribution in [2.45, 2.75) is 38.7 Å². The third-order valence-corrected chi connectivity index (χ3v) is 2.99.